The molecule has 0 saturated carbocycles. The van der Waals surface area contributed by atoms with Crippen LogP contribution < -0.4 is 5.32 Å². The molecule has 0 radical (unpaired) electrons. The third kappa shape index (κ3) is 7.17. The molecule has 0 bridgehead atoms. The van der Waals surface area contributed by atoms with Gasteiger partial charge in [0, 0.05) is 6.54 Å². The Morgan fingerprint density at radius 1 is 1.47 bits per heavy atom. The van der Waals surface area contributed by atoms with E-state index in [1.807, 2.05) is 0 Å². The number of hydrogen-bond acceptors (Lipinski definition) is 4. The molecule has 1 N–H and O–H groups in total. The molecule has 102 valence electrons. The van der Waals surface area contributed by atoms with Gasteiger partial charge in [-0.25, -0.2) is 0 Å². The van der Waals surface area contributed by atoms with Crippen LogP contribution >= 0.6 is 0 Å². The number of nitrogens with zero attached hydrogens (tertiary/aromatic N) is 1. The molecular formula is C10H19F3N2O2. The Kier molecular flexibility index (Phi) is 7.13. The number of ether oxygens (including phenoxy) is 1. The minimum Gasteiger partial charge on any atom is -0.468 e. The minimum absolute atomic E-state index is 0.191. The first-order chi connectivity index (χ1) is 7.84. The maximum Gasteiger partial charge on any atom is 0.401 e. The van der Waals surface area contributed by atoms with E-state index in [-0.39, 0.29) is 19.5 Å². The first kappa shape index (κ1) is 16.2. The summed E-state index contributed by atoms with van der Waals surface area (Å²) in [5.41, 5.74) is 0. The lowest BCUT2D eigenvalue weighted by Crippen LogP contribution is -2.41. The van der Waals surface area contributed by atoms with Crippen LogP contribution in [0.3, 0.4) is 0 Å². The van der Waals surface area contributed by atoms with E-state index in [1.165, 1.54) is 12.0 Å². The topological polar surface area (TPSA) is 41.6 Å². The Balaban J connectivity index is 4.16. The molecule has 0 amide bonds. The number of carbonyl (C=O) groups excluding carboxylic acids is 1. The average Bonchev–Trinajstić information content (AvgIpc) is 2.26. The number of rotatable bonds is 7. The first-order valence-corrected chi connectivity index (χ1v) is 5.38. The molecule has 0 fully saturated rings. The van der Waals surface area contributed by atoms with E-state index in [0.717, 1.165) is 0 Å². The first-order valence-electron chi connectivity index (χ1n) is 5.38. The summed E-state index contributed by atoms with van der Waals surface area (Å²) < 4.78 is 41.1. The van der Waals surface area contributed by atoms with Crippen molar-refractivity contribution in [2.45, 2.75) is 25.6 Å². The van der Waals surface area contributed by atoms with Gasteiger partial charge in [-0.15, -0.1) is 0 Å². The molecule has 0 aliphatic rings. The van der Waals surface area contributed by atoms with Crippen molar-refractivity contribution in [3.63, 3.8) is 0 Å². The standard InChI is InChI=1S/C10H19F3N2O2/c1-4-15(7-10(11,12)13)6-5-8(14-2)9(16)17-3/h8,14H,4-7H2,1-3H3. The minimum atomic E-state index is -4.21. The highest BCUT2D eigenvalue weighted by Gasteiger charge is 2.30. The maximum absolute atomic E-state index is 12.2. The molecule has 0 saturated heterocycles. The predicted octanol–water partition coefficient (Wildman–Crippen LogP) is 1.02. The zero-order chi connectivity index (χ0) is 13.5. The number of hydrogen-bond donors (Lipinski definition) is 1. The summed E-state index contributed by atoms with van der Waals surface area (Å²) >= 11 is 0. The molecule has 1 unspecified atom stereocenters. The fraction of sp³-hybridized carbons (Fsp3) is 0.900. The Morgan fingerprint density at radius 2 is 2.06 bits per heavy atom. The Morgan fingerprint density at radius 3 is 2.41 bits per heavy atom. The molecule has 0 aromatic rings. The molecule has 0 aliphatic carbocycles. The van der Waals surface area contributed by atoms with Crippen molar-refractivity contribution in [2.75, 3.05) is 33.8 Å². The van der Waals surface area contributed by atoms with Crippen molar-refractivity contribution in [1.29, 1.82) is 0 Å². The summed E-state index contributed by atoms with van der Waals surface area (Å²) in [6, 6.07) is -0.567. The van der Waals surface area contributed by atoms with Gasteiger partial charge in [-0.2, -0.15) is 13.2 Å². The van der Waals surface area contributed by atoms with Crippen molar-refractivity contribution in [1.82, 2.24) is 10.2 Å². The molecule has 17 heavy (non-hydrogen) atoms. The molecular weight excluding hydrogens is 237 g/mol. The third-order valence-electron chi connectivity index (χ3n) is 2.42. The van der Waals surface area contributed by atoms with Crippen LogP contribution in [0.2, 0.25) is 0 Å². The number of halogens is 3. The molecule has 0 spiro atoms. The van der Waals surface area contributed by atoms with Crippen molar-refractivity contribution >= 4 is 5.97 Å². The largest absolute Gasteiger partial charge is 0.468 e. The molecule has 4 nitrogen and oxygen atoms in total. The zero-order valence-electron chi connectivity index (χ0n) is 10.3. The number of alkyl halides is 3. The van der Waals surface area contributed by atoms with Gasteiger partial charge in [-0.05, 0) is 20.0 Å². The highest BCUT2D eigenvalue weighted by molar-refractivity contribution is 5.75. The van der Waals surface area contributed by atoms with E-state index in [2.05, 4.69) is 10.1 Å². The smallest absolute Gasteiger partial charge is 0.401 e. The number of carbonyl (C=O) groups is 1. The van der Waals surface area contributed by atoms with Gasteiger partial charge in [-0.3, -0.25) is 9.69 Å². The van der Waals surface area contributed by atoms with E-state index in [1.54, 1.807) is 14.0 Å². The highest BCUT2D eigenvalue weighted by Crippen LogP contribution is 2.16. The molecule has 7 heteroatoms. The summed E-state index contributed by atoms with van der Waals surface area (Å²) in [6.45, 7) is 1.17. The second kappa shape index (κ2) is 7.50. The fourth-order valence-electron chi connectivity index (χ4n) is 1.44. The van der Waals surface area contributed by atoms with E-state index >= 15 is 0 Å². The molecule has 0 heterocycles. The maximum atomic E-state index is 12.2. The van der Waals surface area contributed by atoms with E-state index < -0.39 is 24.7 Å². The summed E-state index contributed by atoms with van der Waals surface area (Å²) in [5, 5.41) is 2.71. The van der Waals surface area contributed by atoms with E-state index in [4.69, 9.17) is 0 Å². The average molecular weight is 256 g/mol. The molecule has 0 aromatic heterocycles. The monoisotopic (exact) mass is 256 g/mol. The van der Waals surface area contributed by atoms with Gasteiger partial charge in [0.2, 0.25) is 0 Å². The van der Waals surface area contributed by atoms with Gasteiger partial charge in [0.15, 0.2) is 0 Å². The van der Waals surface area contributed by atoms with Crippen LogP contribution in [0, 0.1) is 0 Å². The normalized spacial score (nSPS) is 13.8. The lowest BCUT2D eigenvalue weighted by atomic mass is 10.2. The van der Waals surface area contributed by atoms with Crippen molar-refractivity contribution < 1.29 is 22.7 Å². The van der Waals surface area contributed by atoms with Crippen LogP contribution in [0.15, 0.2) is 0 Å². The van der Waals surface area contributed by atoms with Crippen molar-refractivity contribution in [3.8, 4) is 0 Å². The SMILES string of the molecule is CCN(CCC(NC)C(=O)OC)CC(F)(F)F. The van der Waals surface area contributed by atoms with Gasteiger partial charge in [0.05, 0.1) is 13.7 Å². The third-order valence-corrected chi connectivity index (χ3v) is 2.42. The fourth-order valence-corrected chi connectivity index (χ4v) is 1.44. The van der Waals surface area contributed by atoms with E-state index in [0.29, 0.717) is 0 Å². The van der Waals surface area contributed by atoms with Crippen LogP contribution in [-0.2, 0) is 9.53 Å². The van der Waals surface area contributed by atoms with E-state index in [9.17, 15) is 18.0 Å². The van der Waals surface area contributed by atoms with Gasteiger partial charge in [-0.1, -0.05) is 6.92 Å². The summed E-state index contributed by atoms with van der Waals surface area (Å²) in [7, 11) is 2.82. The number of nitrogens with one attached hydrogen (secondary N) is 1. The molecule has 0 aromatic carbocycles. The van der Waals surface area contributed by atoms with Crippen LogP contribution in [0.25, 0.3) is 0 Å². The van der Waals surface area contributed by atoms with Gasteiger partial charge in [0.1, 0.15) is 6.04 Å². The van der Waals surface area contributed by atoms with Gasteiger partial charge < -0.3 is 10.1 Å². The van der Waals surface area contributed by atoms with Crippen LogP contribution in [0.5, 0.6) is 0 Å². The zero-order valence-corrected chi connectivity index (χ0v) is 10.3. The second-order valence-electron chi connectivity index (χ2n) is 3.64. The Labute approximate surface area is 99.1 Å². The van der Waals surface area contributed by atoms with Crippen molar-refractivity contribution in [3.05, 3.63) is 0 Å². The lowest BCUT2D eigenvalue weighted by Gasteiger charge is -2.23. The lowest BCUT2D eigenvalue weighted by molar-refractivity contribution is -0.147. The van der Waals surface area contributed by atoms with Crippen molar-refractivity contribution in [2.24, 2.45) is 0 Å². The molecule has 0 aliphatic heterocycles. The number of methoxy groups -OCH3 is 1. The van der Waals surface area contributed by atoms with Crippen LogP contribution in [-0.4, -0.2) is 56.9 Å². The second-order valence-corrected chi connectivity index (χ2v) is 3.64. The quantitative estimate of drug-likeness (QED) is 0.691. The van der Waals surface area contributed by atoms with Gasteiger partial charge >= 0.3 is 12.1 Å². The number of likely N-dealkylation sites (N-methyl/N-ethyl adjacent to an activating group) is 1. The Hall–Kier alpha value is -0.820. The predicted molar refractivity (Wildman–Crippen MR) is 57.6 cm³/mol. The highest BCUT2D eigenvalue weighted by atomic mass is 19.4. The summed E-state index contributed by atoms with van der Waals surface area (Å²) in [6.07, 6.45) is -3.93. The summed E-state index contributed by atoms with van der Waals surface area (Å²) in [4.78, 5) is 12.4. The Bertz CT molecular complexity index is 234. The number of esters is 1. The van der Waals surface area contributed by atoms with Crippen LogP contribution in [0.1, 0.15) is 13.3 Å². The van der Waals surface area contributed by atoms with Crippen LogP contribution in [0.4, 0.5) is 13.2 Å². The molecule has 1 atom stereocenters. The summed E-state index contributed by atoms with van der Waals surface area (Å²) in [5.74, 6) is -0.462. The van der Waals surface area contributed by atoms with Gasteiger partial charge in [0.25, 0.3) is 0 Å². The molecule has 0 rings (SSSR count).